The summed E-state index contributed by atoms with van der Waals surface area (Å²) in [6.45, 7) is 0. The van der Waals surface area contributed by atoms with Gasteiger partial charge >= 0.3 is 0 Å². The van der Waals surface area contributed by atoms with E-state index in [0.29, 0.717) is 11.4 Å². The molecule has 0 amide bonds. The number of rotatable bonds is 3. The fourth-order valence-electron chi connectivity index (χ4n) is 1.41. The molecule has 0 unspecified atom stereocenters. The minimum Gasteiger partial charge on any atom is -0.456 e. The molecule has 0 saturated carbocycles. The van der Waals surface area contributed by atoms with E-state index in [1.807, 2.05) is 0 Å². The van der Waals surface area contributed by atoms with Gasteiger partial charge in [-0.05, 0) is 36.4 Å². The molecule has 0 aliphatic heterocycles. The molecule has 0 saturated heterocycles. The fourth-order valence-corrected chi connectivity index (χ4v) is 2.02. The Hall–Kier alpha value is -2.05. The lowest BCUT2D eigenvalue weighted by Gasteiger charge is -2.09. The molecule has 0 heterocycles. The van der Waals surface area contributed by atoms with E-state index in [1.54, 1.807) is 30.3 Å². The molecular formula is C12H11NO4S. The zero-order valence-electron chi connectivity index (χ0n) is 9.28. The van der Waals surface area contributed by atoms with Crippen LogP contribution >= 0.6 is 0 Å². The lowest BCUT2D eigenvalue weighted by Crippen LogP contribution is -2.00. The lowest BCUT2D eigenvalue weighted by molar-refractivity contribution is 0.450. The highest BCUT2D eigenvalue weighted by molar-refractivity contribution is 7.86. The second-order valence-corrected chi connectivity index (χ2v) is 4.98. The van der Waals surface area contributed by atoms with E-state index in [2.05, 4.69) is 0 Å². The van der Waals surface area contributed by atoms with Crippen LogP contribution in [0.5, 0.6) is 11.5 Å². The largest absolute Gasteiger partial charge is 0.456 e. The molecule has 2 aromatic rings. The minimum atomic E-state index is -4.31. The number of ether oxygens (including phenoxy) is 1. The summed E-state index contributed by atoms with van der Waals surface area (Å²) in [5, 5.41) is 0. The van der Waals surface area contributed by atoms with Gasteiger partial charge in [0.25, 0.3) is 10.1 Å². The lowest BCUT2D eigenvalue weighted by atomic mass is 10.3. The number of nitrogen functional groups attached to an aromatic ring is 1. The van der Waals surface area contributed by atoms with Gasteiger partial charge in [0.15, 0.2) is 0 Å². The zero-order chi connectivity index (χ0) is 13.2. The molecule has 0 atom stereocenters. The Morgan fingerprint density at radius 2 is 1.61 bits per heavy atom. The van der Waals surface area contributed by atoms with Crippen LogP contribution in [0.25, 0.3) is 0 Å². The smallest absolute Gasteiger partial charge is 0.298 e. The van der Waals surface area contributed by atoms with Crippen molar-refractivity contribution in [2.45, 2.75) is 4.90 Å². The highest BCUT2D eigenvalue weighted by Gasteiger charge is 2.16. The molecule has 6 heteroatoms. The van der Waals surface area contributed by atoms with E-state index in [-0.39, 0.29) is 10.6 Å². The molecule has 5 nitrogen and oxygen atoms in total. The van der Waals surface area contributed by atoms with Crippen LogP contribution in [0.3, 0.4) is 0 Å². The van der Waals surface area contributed by atoms with Crippen LogP contribution in [0.1, 0.15) is 0 Å². The highest BCUT2D eigenvalue weighted by Crippen LogP contribution is 2.28. The molecule has 0 fully saturated rings. The average molecular weight is 265 g/mol. The summed E-state index contributed by atoms with van der Waals surface area (Å²) in [6.07, 6.45) is 0. The van der Waals surface area contributed by atoms with E-state index in [0.717, 1.165) is 0 Å². The van der Waals surface area contributed by atoms with Crippen molar-refractivity contribution in [2.75, 3.05) is 5.73 Å². The quantitative estimate of drug-likeness (QED) is 0.656. The third-order valence-corrected chi connectivity index (χ3v) is 3.13. The first kappa shape index (κ1) is 12.4. The normalized spacial score (nSPS) is 11.2. The molecule has 2 aromatic carbocycles. The third kappa shape index (κ3) is 2.79. The topological polar surface area (TPSA) is 89.6 Å². The summed E-state index contributed by atoms with van der Waals surface area (Å²) in [7, 11) is -4.31. The second-order valence-electron chi connectivity index (χ2n) is 3.59. The summed E-state index contributed by atoms with van der Waals surface area (Å²) >= 11 is 0. The van der Waals surface area contributed by atoms with Crippen LogP contribution in [0.2, 0.25) is 0 Å². The van der Waals surface area contributed by atoms with Crippen LogP contribution in [0.4, 0.5) is 5.69 Å². The number of hydrogen-bond acceptors (Lipinski definition) is 4. The van der Waals surface area contributed by atoms with Gasteiger partial charge in [-0.2, -0.15) is 8.42 Å². The monoisotopic (exact) mass is 265 g/mol. The molecule has 0 radical (unpaired) electrons. The Morgan fingerprint density at radius 3 is 2.22 bits per heavy atom. The molecular weight excluding hydrogens is 254 g/mol. The average Bonchev–Trinajstić information content (AvgIpc) is 2.31. The first-order chi connectivity index (χ1) is 8.47. The molecule has 0 aliphatic carbocycles. The molecule has 0 aromatic heterocycles. The summed E-state index contributed by atoms with van der Waals surface area (Å²) in [6, 6.07) is 12.3. The SMILES string of the molecule is Nc1ccc(Oc2ccccc2S(=O)(=O)O)cc1. The summed E-state index contributed by atoms with van der Waals surface area (Å²) < 4.78 is 36.8. The van der Waals surface area contributed by atoms with E-state index in [4.69, 9.17) is 15.0 Å². The fraction of sp³-hybridized carbons (Fsp3) is 0. The highest BCUT2D eigenvalue weighted by atomic mass is 32.2. The van der Waals surface area contributed by atoms with Crippen molar-refractivity contribution in [2.24, 2.45) is 0 Å². The van der Waals surface area contributed by atoms with E-state index in [1.165, 1.54) is 18.2 Å². The Labute approximate surface area is 105 Å². The van der Waals surface area contributed by atoms with Crippen LogP contribution in [-0.2, 0) is 10.1 Å². The maximum Gasteiger partial charge on any atom is 0.298 e. The standard InChI is InChI=1S/C12H11NO4S/c13-9-5-7-10(8-6-9)17-11-3-1-2-4-12(11)18(14,15)16/h1-8H,13H2,(H,14,15,16). The van der Waals surface area contributed by atoms with Crippen molar-refractivity contribution >= 4 is 15.8 Å². The van der Waals surface area contributed by atoms with Gasteiger partial charge in [0.05, 0.1) is 0 Å². The molecule has 0 spiro atoms. The Kier molecular flexibility index (Phi) is 3.22. The number of nitrogens with two attached hydrogens (primary N) is 1. The Balaban J connectivity index is 2.38. The van der Waals surface area contributed by atoms with E-state index < -0.39 is 10.1 Å². The number of benzene rings is 2. The maximum absolute atomic E-state index is 11.2. The van der Waals surface area contributed by atoms with Gasteiger partial charge in [0, 0.05) is 5.69 Å². The van der Waals surface area contributed by atoms with Gasteiger partial charge < -0.3 is 10.5 Å². The van der Waals surface area contributed by atoms with E-state index in [9.17, 15) is 8.42 Å². The van der Waals surface area contributed by atoms with Crippen molar-refractivity contribution < 1.29 is 17.7 Å². The predicted molar refractivity (Wildman–Crippen MR) is 67.2 cm³/mol. The molecule has 18 heavy (non-hydrogen) atoms. The zero-order valence-corrected chi connectivity index (χ0v) is 10.1. The Bertz CT molecular complexity index is 650. The van der Waals surface area contributed by atoms with Gasteiger partial charge in [-0.25, -0.2) is 0 Å². The second kappa shape index (κ2) is 4.67. The first-order valence-corrected chi connectivity index (χ1v) is 6.51. The molecule has 2 rings (SSSR count). The maximum atomic E-state index is 11.2. The van der Waals surface area contributed by atoms with Crippen molar-refractivity contribution in [3.63, 3.8) is 0 Å². The predicted octanol–water partition coefficient (Wildman–Crippen LogP) is 2.31. The van der Waals surface area contributed by atoms with Crippen molar-refractivity contribution in [3.05, 3.63) is 48.5 Å². The van der Waals surface area contributed by atoms with Crippen LogP contribution in [-0.4, -0.2) is 13.0 Å². The summed E-state index contributed by atoms with van der Waals surface area (Å²) in [4.78, 5) is -0.276. The summed E-state index contributed by atoms with van der Waals surface area (Å²) in [5.74, 6) is 0.491. The minimum absolute atomic E-state index is 0.0600. The number of para-hydroxylation sites is 1. The van der Waals surface area contributed by atoms with Crippen LogP contribution in [0.15, 0.2) is 53.4 Å². The number of anilines is 1. The van der Waals surface area contributed by atoms with Crippen LogP contribution < -0.4 is 10.5 Å². The first-order valence-electron chi connectivity index (χ1n) is 5.07. The van der Waals surface area contributed by atoms with Gasteiger partial charge in [-0.1, -0.05) is 12.1 Å². The molecule has 3 N–H and O–H groups in total. The van der Waals surface area contributed by atoms with Gasteiger partial charge in [-0.15, -0.1) is 0 Å². The Morgan fingerprint density at radius 1 is 1.00 bits per heavy atom. The van der Waals surface area contributed by atoms with Crippen molar-refractivity contribution in [1.29, 1.82) is 0 Å². The molecule has 0 bridgehead atoms. The van der Waals surface area contributed by atoms with E-state index >= 15 is 0 Å². The summed E-state index contributed by atoms with van der Waals surface area (Å²) in [5.41, 5.74) is 6.10. The molecule has 94 valence electrons. The molecule has 0 aliphatic rings. The third-order valence-electron chi connectivity index (χ3n) is 2.23. The number of hydrogen-bond donors (Lipinski definition) is 2. The van der Waals surface area contributed by atoms with Crippen LogP contribution in [0, 0.1) is 0 Å². The van der Waals surface area contributed by atoms with Crippen molar-refractivity contribution in [1.82, 2.24) is 0 Å². The van der Waals surface area contributed by atoms with Gasteiger partial charge in [0.1, 0.15) is 16.4 Å². The van der Waals surface area contributed by atoms with Crippen molar-refractivity contribution in [3.8, 4) is 11.5 Å². The van der Waals surface area contributed by atoms with Gasteiger partial charge in [0.2, 0.25) is 0 Å². The van der Waals surface area contributed by atoms with Gasteiger partial charge in [-0.3, -0.25) is 4.55 Å².